The van der Waals surface area contributed by atoms with Gasteiger partial charge in [-0.25, -0.2) is 13.8 Å². The minimum atomic E-state index is -0.865. The van der Waals surface area contributed by atoms with Crippen LogP contribution >= 0.6 is 0 Å². The molecule has 1 aromatic heterocycles. The molecule has 0 unspecified atom stereocenters. The van der Waals surface area contributed by atoms with Gasteiger partial charge in [-0.05, 0) is 55.7 Å². The van der Waals surface area contributed by atoms with Crippen molar-refractivity contribution in [3.05, 3.63) is 41.9 Å². The summed E-state index contributed by atoms with van der Waals surface area (Å²) in [4.78, 5) is 22.1. The molecule has 1 atom stereocenters. The van der Waals surface area contributed by atoms with Crippen molar-refractivity contribution < 1.29 is 13.6 Å². The highest BCUT2D eigenvalue weighted by atomic mass is 19.2. The molecule has 1 aromatic carbocycles. The average molecular weight is 373 g/mol. The Morgan fingerprint density at radius 2 is 1.96 bits per heavy atom. The van der Waals surface area contributed by atoms with Crippen LogP contribution < -0.4 is 0 Å². The minimum absolute atomic E-state index is 0.258. The van der Waals surface area contributed by atoms with Gasteiger partial charge in [0.2, 0.25) is 5.91 Å². The van der Waals surface area contributed by atoms with Crippen LogP contribution in [0.1, 0.15) is 50.8 Å². The zero-order valence-corrected chi connectivity index (χ0v) is 15.5. The Balaban J connectivity index is 1.35. The number of hydrogen-bond acceptors (Lipinski definition) is 2. The molecule has 4 rings (SSSR count). The van der Waals surface area contributed by atoms with Crippen LogP contribution in [0.2, 0.25) is 0 Å². The molecule has 6 heteroatoms. The summed E-state index contributed by atoms with van der Waals surface area (Å²) in [5, 5.41) is 0. The molecule has 2 aromatic rings. The number of nitrogens with zero attached hydrogens (tertiary/aromatic N) is 2. The summed E-state index contributed by atoms with van der Waals surface area (Å²) >= 11 is 0. The molecule has 1 saturated carbocycles. The van der Waals surface area contributed by atoms with Crippen molar-refractivity contribution in [3.63, 3.8) is 0 Å². The highest BCUT2D eigenvalue weighted by Gasteiger charge is 2.32. The first-order valence-corrected chi connectivity index (χ1v) is 9.79. The lowest BCUT2D eigenvalue weighted by Crippen LogP contribution is -2.38. The standard InChI is InChI=1S/C21H25F2N3O/c1-13(14-2-3-14)10-20(27)26-8-6-15(7-9-26)21-24-12-19(25-21)16-4-5-17(22)18(23)11-16/h4-5,11-15H,2-3,6-10H2,1H3,(H,24,25)/t13-/m0/s1. The molecular formula is C21H25F2N3O. The van der Waals surface area contributed by atoms with E-state index in [1.807, 2.05) is 4.90 Å². The van der Waals surface area contributed by atoms with E-state index in [2.05, 4.69) is 16.9 Å². The van der Waals surface area contributed by atoms with Gasteiger partial charge in [0.1, 0.15) is 5.82 Å². The number of benzene rings is 1. The minimum Gasteiger partial charge on any atom is -0.343 e. The molecule has 1 aliphatic heterocycles. The first kappa shape index (κ1) is 18.1. The van der Waals surface area contributed by atoms with Gasteiger partial charge in [0.25, 0.3) is 0 Å². The average Bonchev–Trinajstić information content (AvgIpc) is 3.41. The number of piperidine rings is 1. The van der Waals surface area contributed by atoms with Crippen LogP contribution in [0, 0.1) is 23.5 Å². The fourth-order valence-corrected chi connectivity index (χ4v) is 3.99. The molecule has 1 aliphatic carbocycles. The third-order valence-corrected chi connectivity index (χ3v) is 5.98. The summed E-state index contributed by atoms with van der Waals surface area (Å²) in [6.07, 6.45) is 6.61. The van der Waals surface area contributed by atoms with E-state index >= 15 is 0 Å². The number of nitrogens with one attached hydrogen (secondary N) is 1. The summed E-state index contributed by atoms with van der Waals surface area (Å²) in [5.41, 5.74) is 1.26. The molecule has 2 fully saturated rings. The molecule has 0 bridgehead atoms. The van der Waals surface area contributed by atoms with E-state index in [-0.39, 0.29) is 11.8 Å². The summed E-state index contributed by atoms with van der Waals surface area (Å²) in [5.74, 6) is 0.919. The van der Waals surface area contributed by atoms with E-state index < -0.39 is 11.6 Å². The number of imidazole rings is 1. The van der Waals surface area contributed by atoms with Crippen molar-refractivity contribution in [2.75, 3.05) is 13.1 Å². The highest BCUT2D eigenvalue weighted by Crippen LogP contribution is 2.38. The normalized spacial score (nSPS) is 19.3. The number of aromatic amines is 1. The van der Waals surface area contributed by atoms with E-state index in [0.29, 0.717) is 23.6 Å². The Kier molecular flexibility index (Phi) is 4.98. The lowest BCUT2D eigenvalue weighted by atomic mass is 9.95. The fraction of sp³-hybridized carbons (Fsp3) is 0.524. The Hall–Kier alpha value is -2.24. The van der Waals surface area contributed by atoms with Gasteiger partial charge >= 0.3 is 0 Å². The van der Waals surface area contributed by atoms with Gasteiger partial charge in [0.05, 0.1) is 11.9 Å². The van der Waals surface area contributed by atoms with E-state index in [4.69, 9.17) is 0 Å². The Morgan fingerprint density at radius 1 is 1.22 bits per heavy atom. The number of carbonyl (C=O) groups is 1. The zero-order chi connectivity index (χ0) is 19.0. The maximum Gasteiger partial charge on any atom is 0.222 e. The second kappa shape index (κ2) is 7.41. The molecule has 1 N–H and O–H groups in total. The van der Waals surface area contributed by atoms with E-state index in [9.17, 15) is 13.6 Å². The number of hydrogen-bond donors (Lipinski definition) is 1. The Morgan fingerprint density at radius 3 is 2.63 bits per heavy atom. The molecule has 0 spiro atoms. The van der Waals surface area contributed by atoms with Crippen LogP contribution in [0.15, 0.2) is 24.4 Å². The smallest absolute Gasteiger partial charge is 0.222 e. The molecule has 1 saturated heterocycles. The molecular weight excluding hydrogens is 348 g/mol. The number of H-pyrrole nitrogens is 1. The van der Waals surface area contributed by atoms with Crippen molar-refractivity contribution in [1.29, 1.82) is 0 Å². The maximum atomic E-state index is 13.4. The number of aromatic nitrogens is 2. The van der Waals surface area contributed by atoms with Crippen molar-refractivity contribution in [2.24, 2.45) is 11.8 Å². The first-order valence-electron chi connectivity index (χ1n) is 9.79. The predicted molar refractivity (Wildman–Crippen MR) is 99.0 cm³/mol. The van der Waals surface area contributed by atoms with Crippen LogP contribution in [0.5, 0.6) is 0 Å². The Bertz CT molecular complexity index is 823. The van der Waals surface area contributed by atoms with E-state index in [1.54, 1.807) is 6.20 Å². The molecule has 2 heterocycles. The zero-order valence-electron chi connectivity index (χ0n) is 15.5. The number of rotatable bonds is 5. The second-order valence-corrected chi connectivity index (χ2v) is 7.98. The van der Waals surface area contributed by atoms with Gasteiger partial charge in [-0.2, -0.15) is 0 Å². The SMILES string of the molecule is C[C@@H](CC(=O)N1CCC(c2ncc(-c3ccc(F)c(F)c3)[nH]2)CC1)C1CC1. The van der Waals surface area contributed by atoms with Gasteiger partial charge < -0.3 is 9.88 Å². The van der Waals surface area contributed by atoms with Crippen molar-refractivity contribution in [1.82, 2.24) is 14.9 Å². The van der Waals surface area contributed by atoms with Crippen LogP contribution in [0.4, 0.5) is 8.78 Å². The van der Waals surface area contributed by atoms with Gasteiger partial charge in [-0.1, -0.05) is 6.92 Å². The topological polar surface area (TPSA) is 49.0 Å². The van der Waals surface area contributed by atoms with E-state index in [0.717, 1.165) is 43.7 Å². The van der Waals surface area contributed by atoms with Gasteiger partial charge in [0.15, 0.2) is 11.6 Å². The lowest BCUT2D eigenvalue weighted by molar-refractivity contribution is -0.133. The predicted octanol–water partition coefficient (Wildman–Crippen LogP) is 4.50. The van der Waals surface area contributed by atoms with Crippen LogP contribution in [-0.2, 0) is 4.79 Å². The molecule has 1 amide bonds. The third kappa shape index (κ3) is 4.04. The maximum absolute atomic E-state index is 13.4. The molecule has 27 heavy (non-hydrogen) atoms. The molecule has 4 nitrogen and oxygen atoms in total. The van der Waals surface area contributed by atoms with Gasteiger partial charge in [-0.15, -0.1) is 0 Å². The lowest BCUT2D eigenvalue weighted by Gasteiger charge is -2.32. The first-order chi connectivity index (χ1) is 13.0. The van der Waals surface area contributed by atoms with Crippen molar-refractivity contribution in [2.45, 2.75) is 44.9 Å². The Labute approximate surface area is 158 Å². The van der Waals surface area contributed by atoms with Crippen LogP contribution in [-0.4, -0.2) is 33.9 Å². The molecule has 2 aliphatic rings. The van der Waals surface area contributed by atoms with E-state index in [1.165, 1.54) is 25.0 Å². The monoisotopic (exact) mass is 373 g/mol. The van der Waals surface area contributed by atoms with Crippen molar-refractivity contribution >= 4 is 5.91 Å². The van der Waals surface area contributed by atoms with Gasteiger partial charge in [-0.3, -0.25) is 4.79 Å². The number of likely N-dealkylation sites (tertiary alicyclic amines) is 1. The van der Waals surface area contributed by atoms with Gasteiger partial charge in [0, 0.05) is 31.0 Å². The number of carbonyl (C=O) groups excluding carboxylic acids is 1. The number of halogens is 2. The quantitative estimate of drug-likeness (QED) is 0.839. The van der Waals surface area contributed by atoms with Crippen LogP contribution in [0.3, 0.4) is 0 Å². The van der Waals surface area contributed by atoms with Crippen molar-refractivity contribution in [3.8, 4) is 11.3 Å². The second-order valence-electron chi connectivity index (χ2n) is 7.98. The third-order valence-electron chi connectivity index (χ3n) is 5.98. The molecule has 144 valence electrons. The summed E-state index contributed by atoms with van der Waals surface area (Å²) in [7, 11) is 0. The summed E-state index contributed by atoms with van der Waals surface area (Å²) in [6.45, 7) is 3.69. The molecule has 0 radical (unpaired) electrons. The van der Waals surface area contributed by atoms with Crippen LogP contribution in [0.25, 0.3) is 11.3 Å². The largest absolute Gasteiger partial charge is 0.343 e. The fourth-order valence-electron chi connectivity index (χ4n) is 3.99. The number of amides is 1. The highest BCUT2D eigenvalue weighted by molar-refractivity contribution is 5.76. The summed E-state index contributed by atoms with van der Waals surface area (Å²) < 4.78 is 26.5. The summed E-state index contributed by atoms with van der Waals surface area (Å²) in [6, 6.07) is 3.84.